The van der Waals surface area contributed by atoms with Crippen molar-refractivity contribution in [3.63, 3.8) is 0 Å². The summed E-state index contributed by atoms with van der Waals surface area (Å²) in [6.07, 6.45) is 0. The first-order valence-corrected chi connectivity index (χ1v) is 5.36. The third kappa shape index (κ3) is 2.15. The predicted octanol–water partition coefficient (Wildman–Crippen LogP) is 3.05. The van der Waals surface area contributed by atoms with Crippen LogP contribution in [0, 0.1) is 10.6 Å². The van der Waals surface area contributed by atoms with Gasteiger partial charge in [-0.1, -0.05) is 15.9 Å². The SMILES string of the molecule is Cn1[nH]c(-c2cc(F)cc(Br)c2)nc1=S. The molecule has 78 valence electrons. The zero-order chi connectivity index (χ0) is 11.0. The van der Waals surface area contributed by atoms with Crippen molar-refractivity contribution in [3.05, 3.63) is 33.3 Å². The number of nitrogens with one attached hydrogen (secondary N) is 1. The summed E-state index contributed by atoms with van der Waals surface area (Å²) in [5, 5.41) is 2.93. The average molecular weight is 288 g/mol. The molecular formula is C9H7BrFN3S. The van der Waals surface area contributed by atoms with Crippen molar-refractivity contribution in [3.8, 4) is 11.4 Å². The van der Waals surface area contributed by atoms with Crippen molar-refractivity contribution in [2.75, 3.05) is 0 Å². The van der Waals surface area contributed by atoms with E-state index in [-0.39, 0.29) is 5.82 Å². The highest BCUT2D eigenvalue weighted by atomic mass is 79.9. The number of nitrogens with zero attached hydrogens (tertiary/aromatic N) is 2. The van der Waals surface area contributed by atoms with Crippen LogP contribution in [-0.2, 0) is 7.05 Å². The van der Waals surface area contributed by atoms with Crippen LogP contribution in [0.1, 0.15) is 0 Å². The summed E-state index contributed by atoms with van der Waals surface area (Å²) in [5.41, 5.74) is 0.661. The molecule has 6 heteroatoms. The maximum atomic E-state index is 13.1. The second-order valence-electron chi connectivity index (χ2n) is 3.07. The average Bonchev–Trinajstić information content (AvgIpc) is 2.45. The molecule has 0 bridgehead atoms. The Morgan fingerprint density at radius 3 is 2.73 bits per heavy atom. The summed E-state index contributed by atoms with van der Waals surface area (Å²) < 4.78 is 15.8. The molecule has 0 saturated heterocycles. The van der Waals surface area contributed by atoms with E-state index in [0.29, 0.717) is 20.6 Å². The van der Waals surface area contributed by atoms with Gasteiger partial charge in [-0.3, -0.25) is 9.78 Å². The van der Waals surface area contributed by atoms with Gasteiger partial charge >= 0.3 is 0 Å². The molecule has 0 unspecified atom stereocenters. The molecule has 2 rings (SSSR count). The van der Waals surface area contributed by atoms with E-state index >= 15 is 0 Å². The zero-order valence-electron chi connectivity index (χ0n) is 7.79. The monoisotopic (exact) mass is 287 g/mol. The zero-order valence-corrected chi connectivity index (χ0v) is 10.2. The summed E-state index contributed by atoms with van der Waals surface area (Å²) in [6, 6.07) is 4.57. The molecule has 1 N–H and O–H groups in total. The van der Waals surface area contributed by atoms with Gasteiger partial charge < -0.3 is 0 Å². The van der Waals surface area contributed by atoms with Crippen LogP contribution in [0.25, 0.3) is 11.4 Å². The molecule has 0 atom stereocenters. The molecule has 0 aliphatic rings. The highest BCUT2D eigenvalue weighted by molar-refractivity contribution is 9.10. The summed E-state index contributed by atoms with van der Waals surface area (Å²) in [7, 11) is 1.76. The normalized spacial score (nSPS) is 10.6. The van der Waals surface area contributed by atoms with E-state index in [1.165, 1.54) is 12.1 Å². The van der Waals surface area contributed by atoms with Gasteiger partial charge in [-0.25, -0.2) is 4.39 Å². The third-order valence-corrected chi connectivity index (χ3v) is 2.73. The number of halogens is 2. The molecule has 1 heterocycles. The number of hydrogen-bond acceptors (Lipinski definition) is 2. The number of benzene rings is 1. The van der Waals surface area contributed by atoms with E-state index in [4.69, 9.17) is 12.2 Å². The van der Waals surface area contributed by atoms with Crippen molar-refractivity contribution >= 4 is 28.1 Å². The molecule has 1 aromatic heterocycles. The lowest BCUT2D eigenvalue weighted by Gasteiger charge is -1.98. The Hall–Kier alpha value is -1.01. The van der Waals surface area contributed by atoms with Gasteiger partial charge in [0.15, 0.2) is 5.82 Å². The summed E-state index contributed by atoms with van der Waals surface area (Å²) in [6.45, 7) is 0. The molecule has 0 fully saturated rings. The lowest BCUT2D eigenvalue weighted by atomic mass is 10.2. The Morgan fingerprint density at radius 2 is 2.20 bits per heavy atom. The van der Waals surface area contributed by atoms with Gasteiger partial charge in [-0.15, -0.1) is 0 Å². The molecule has 0 amide bonds. The molecule has 0 saturated carbocycles. The molecule has 1 aromatic carbocycles. The Balaban J connectivity index is 2.58. The van der Waals surface area contributed by atoms with Crippen molar-refractivity contribution < 1.29 is 4.39 Å². The molecule has 0 radical (unpaired) electrons. The van der Waals surface area contributed by atoms with Crippen LogP contribution in [0.15, 0.2) is 22.7 Å². The van der Waals surface area contributed by atoms with Crippen molar-refractivity contribution in [1.82, 2.24) is 14.8 Å². The van der Waals surface area contributed by atoms with E-state index in [9.17, 15) is 4.39 Å². The van der Waals surface area contributed by atoms with Crippen LogP contribution in [-0.4, -0.2) is 14.8 Å². The van der Waals surface area contributed by atoms with Gasteiger partial charge in [0.25, 0.3) is 0 Å². The largest absolute Gasteiger partial charge is 0.279 e. The molecule has 3 nitrogen and oxygen atoms in total. The van der Waals surface area contributed by atoms with Crippen molar-refractivity contribution in [2.24, 2.45) is 7.05 Å². The van der Waals surface area contributed by atoms with Crippen molar-refractivity contribution in [1.29, 1.82) is 0 Å². The Kier molecular flexibility index (Phi) is 2.70. The molecular weight excluding hydrogens is 281 g/mol. The Morgan fingerprint density at radius 1 is 1.47 bits per heavy atom. The Labute approximate surface area is 99.1 Å². The first kappa shape index (κ1) is 10.5. The summed E-state index contributed by atoms with van der Waals surface area (Å²) >= 11 is 8.18. The minimum absolute atomic E-state index is 0.315. The minimum Gasteiger partial charge on any atom is -0.279 e. The molecule has 0 aliphatic carbocycles. The van der Waals surface area contributed by atoms with Crippen LogP contribution in [0.2, 0.25) is 0 Å². The second-order valence-corrected chi connectivity index (χ2v) is 4.35. The number of aromatic nitrogens is 3. The lowest BCUT2D eigenvalue weighted by molar-refractivity contribution is 0.627. The number of H-pyrrole nitrogens is 1. The first-order chi connectivity index (χ1) is 7.06. The maximum absolute atomic E-state index is 13.1. The van der Waals surface area contributed by atoms with Gasteiger partial charge in [0, 0.05) is 17.1 Å². The van der Waals surface area contributed by atoms with E-state index in [1.807, 2.05) is 0 Å². The van der Waals surface area contributed by atoms with E-state index in [2.05, 4.69) is 26.0 Å². The topological polar surface area (TPSA) is 33.6 Å². The van der Waals surface area contributed by atoms with Gasteiger partial charge in [-0.2, -0.15) is 4.98 Å². The highest BCUT2D eigenvalue weighted by Gasteiger charge is 2.05. The van der Waals surface area contributed by atoms with Gasteiger partial charge in [-0.05, 0) is 30.4 Å². The van der Waals surface area contributed by atoms with Gasteiger partial charge in [0.1, 0.15) is 5.82 Å². The second kappa shape index (κ2) is 3.86. The van der Waals surface area contributed by atoms with E-state index in [0.717, 1.165) is 0 Å². The summed E-state index contributed by atoms with van der Waals surface area (Å²) in [4.78, 5) is 4.10. The molecule has 0 spiro atoms. The maximum Gasteiger partial charge on any atom is 0.216 e. The van der Waals surface area contributed by atoms with Gasteiger partial charge in [0.05, 0.1) is 0 Å². The first-order valence-electron chi connectivity index (χ1n) is 4.16. The van der Waals surface area contributed by atoms with Crippen molar-refractivity contribution in [2.45, 2.75) is 0 Å². The minimum atomic E-state index is -0.315. The van der Waals surface area contributed by atoms with E-state index in [1.54, 1.807) is 17.8 Å². The predicted molar refractivity (Wildman–Crippen MR) is 61.5 cm³/mol. The lowest BCUT2D eigenvalue weighted by Crippen LogP contribution is -1.89. The smallest absolute Gasteiger partial charge is 0.216 e. The fraction of sp³-hybridized carbons (Fsp3) is 0.111. The number of aryl methyl sites for hydroxylation is 1. The quantitative estimate of drug-likeness (QED) is 0.818. The molecule has 0 aliphatic heterocycles. The summed E-state index contributed by atoms with van der Waals surface area (Å²) in [5.74, 6) is 0.243. The van der Waals surface area contributed by atoms with Crippen LogP contribution in [0.4, 0.5) is 4.39 Å². The van der Waals surface area contributed by atoms with Crippen LogP contribution in [0.5, 0.6) is 0 Å². The fourth-order valence-corrected chi connectivity index (χ4v) is 1.82. The highest BCUT2D eigenvalue weighted by Crippen LogP contribution is 2.21. The van der Waals surface area contributed by atoms with Crippen LogP contribution >= 0.6 is 28.1 Å². The fourth-order valence-electron chi connectivity index (χ4n) is 1.22. The standard InChI is InChI=1S/C9H7BrFN3S/c1-14-9(15)12-8(13-14)5-2-6(10)4-7(11)3-5/h2-4H,1H3,(H,12,13,15). The van der Waals surface area contributed by atoms with Crippen LogP contribution < -0.4 is 0 Å². The molecule has 2 aromatic rings. The van der Waals surface area contributed by atoms with E-state index < -0.39 is 0 Å². The number of hydrogen-bond donors (Lipinski definition) is 1. The van der Waals surface area contributed by atoms with Crippen LogP contribution in [0.3, 0.4) is 0 Å². The third-order valence-electron chi connectivity index (χ3n) is 1.90. The molecule has 15 heavy (non-hydrogen) atoms. The number of aromatic amines is 1. The number of rotatable bonds is 1. The Bertz CT molecular complexity index is 540. The van der Waals surface area contributed by atoms with Gasteiger partial charge in [0.2, 0.25) is 4.77 Å².